The van der Waals surface area contributed by atoms with Crippen LogP contribution in [0, 0.1) is 6.92 Å². The van der Waals surface area contributed by atoms with Gasteiger partial charge < -0.3 is 10.1 Å². The van der Waals surface area contributed by atoms with E-state index in [1.165, 1.54) is 12.8 Å². The molecule has 112 valence electrons. The second-order valence-corrected chi connectivity index (χ2v) is 6.62. The minimum atomic E-state index is 0.653. The number of hydrogen-bond acceptors (Lipinski definition) is 3. The van der Waals surface area contributed by atoms with Crippen molar-refractivity contribution in [3.8, 4) is 11.6 Å². The first-order chi connectivity index (χ1) is 10.0. The zero-order chi connectivity index (χ0) is 15.0. The van der Waals surface area contributed by atoms with Gasteiger partial charge in [0, 0.05) is 24.7 Å². The summed E-state index contributed by atoms with van der Waals surface area (Å²) in [6.07, 6.45) is 2.52. The summed E-state index contributed by atoms with van der Waals surface area (Å²) in [5.74, 6) is 1.50. The molecule has 0 amide bonds. The van der Waals surface area contributed by atoms with E-state index in [0.29, 0.717) is 11.1 Å². The van der Waals surface area contributed by atoms with Crippen molar-refractivity contribution in [3.63, 3.8) is 0 Å². The molecule has 0 atom stereocenters. The summed E-state index contributed by atoms with van der Waals surface area (Å²) in [5, 5.41) is 8.65. The molecular formula is C15H17BrClN3O. The average molecular weight is 371 g/mol. The van der Waals surface area contributed by atoms with Crippen molar-refractivity contribution >= 4 is 27.5 Å². The fourth-order valence-electron chi connectivity index (χ4n) is 2.21. The number of nitrogens with zero attached hydrogens (tertiary/aromatic N) is 2. The molecule has 0 bridgehead atoms. The van der Waals surface area contributed by atoms with Crippen LogP contribution < -0.4 is 10.1 Å². The van der Waals surface area contributed by atoms with E-state index in [4.69, 9.17) is 16.3 Å². The van der Waals surface area contributed by atoms with Gasteiger partial charge in [0.25, 0.3) is 0 Å². The summed E-state index contributed by atoms with van der Waals surface area (Å²) >= 11 is 9.44. The minimum absolute atomic E-state index is 0.653. The molecule has 3 rings (SSSR count). The maximum Gasteiger partial charge on any atom is 0.222 e. The van der Waals surface area contributed by atoms with Gasteiger partial charge in [-0.3, -0.25) is 0 Å². The van der Waals surface area contributed by atoms with Gasteiger partial charge in [-0.15, -0.1) is 0 Å². The van der Waals surface area contributed by atoms with Gasteiger partial charge in [-0.25, -0.2) is 4.68 Å². The number of ether oxygens (including phenoxy) is 1. The highest BCUT2D eigenvalue weighted by atomic mass is 79.9. The Labute approximate surface area is 137 Å². The van der Waals surface area contributed by atoms with E-state index in [-0.39, 0.29) is 0 Å². The lowest BCUT2D eigenvalue weighted by atomic mass is 10.2. The van der Waals surface area contributed by atoms with Crippen molar-refractivity contribution < 1.29 is 4.74 Å². The van der Waals surface area contributed by atoms with Gasteiger partial charge in [0.1, 0.15) is 5.75 Å². The van der Waals surface area contributed by atoms with Gasteiger partial charge in [-0.2, -0.15) is 5.10 Å². The first-order valence-electron chi connectivity index (χ1n) is 6.93. The molecule has 0 aliphatic heterocycles. The molecule has 1 aromatic heterocycles. The fraction of sp³-hybridized carbons (Fsp3) is 0.400. The lowest BCUT2D eigenvalue weighted by Gasteiger charge is -2.11. The van der Waals surface area contributed by atoms with E-state index in [1.54, 1.807) is 4.68 Å². The van der Waals surface area contributed by atoms with Crippen LogP contribution in [0.25, 0.3) is 0 Å². The molecule has 6 heteroatoms. The molecule has 1 aliphatic carbocycles. The van der Waals surface area contributed by atoms with Crippen LogP contribution in [0.4, 0.5) is 0 Å². The minimum Gasteiger partial charge on any atom is -0.438 e. The largest absolute Gasteiger partial charge is 0.438 e. The predicted molar refractivity (Wildman–Crippen MR) is 87.0 cm³/mol. The Balaban J connectivity index is 1.86. The Morgan fingerprint density at radius 1 is 1.48 bits per heavy atom. The molecule has 1 aromatic carbocycles. The van der Waals surface area contributed by atoms with Crippen LogP contribution in [0.5, 0.6) is 11.6 Å². The number of aryl methyl sites for hydroxylation is 2. The highest BCUT2D eigenvalue weighted by Crippen LogP contribution is 2.34. The van der Waals surface area contributed by atoms with Crippen molar-refractivity contribution in [2.75, 3.05) is 0 Å². The van der Waals surface area contributed by atoms with Crippen LogP contribution in [-0.2, 0) is 13.6 Å². The predicted octanol–water partition coefficient (Wildman–Crippen LogP) is 4.19. The molecule has 0 radical (unpaired) electrons. The topological polar surface area (TPSA) is 39.1 Å². The van der Waals surface area contributed by atoms with Crippen molar-refractivity contribution in [3.05, 3.63) is 39.0 Å². The van der Waals surface area contributed by atoms with Crippen molar-refractivity contribution in [1.29, 1.82) is 0 Å². The molecule has 1 aliphatic rings. The van der Waals surface area contributed by atoms with Crippen LogP contribution in [-0.4, -0.2) is 15.8 Å². The number of halogens is 2. The molecule has 1 N–H and O–H groups in total. The van der Waals surface area contributed by atoms with E-state index in [9.17, 15) is 0 Å². The number of hydrogen-bond donors (Lipinski definition) is 1. The summed E-state index contributed by atoms with van der Waals surface area (Å²) in [6, 6.07) is 6.14. The van der Waals surface area contributed by atoms with Crippen LogP contribution in [0.1, 0.15) is 24.1 Å². The van der Waals surface area contributed by atoms with Gasteiger partial charge in [0.2, 0.25) is 5.88 Å². The second kappa shape index (κ2) is 5.99. The first-order valence-corrected chi connectivity index (χ1v) is 8.10. The smallest absolute Gasteiger partial charge is 0.222 e. The van der Waals surface area contributed by atoms with Crippen LogP contribution in [0.3, 0.4) is 0 Å². The van der Waals surface area contributed by atoms with E-state index >= 15 is 0 Å². The normalized spacial score (nSPS) is 14.5. The van der Waals surface area contributed by atoms with Gasteiger partial charge in [-0.05, 0) is 53.9 Å². The first kappa shape index (κ1) is 14.9. The molecular weight excluding hydrogens is 354 g/mol. The Hall–Kier alpha value is -1.04. The number of benzene rings is 1. The quantitative estimate of drug-likeness (QED) is 0.858. The van der Waals surface area contributed by atoms with Gasteiger partial charge >= 0.3 is 0 Å². The van der Waals surface area contributed by atoms with E-state index in [1.807, 2.05) is 32.2 Å². The maximum absolute atomic E-state index is 6.05. The Kier molecular flexibility index (Phi) is 4.24. The third kappa shape index (κ3) is 3.42. The van der Waals surface area contributed by atoms with Crippen molar-refractivity contribution in [1.82, 2.24) is 15.1 Å². The molecule has 4 nitrogen and oxygen atoms in total. The van der Waals surface area contributed by atoms with Crippen LogP contribution >= 0.6 is 27.5 Å². The van der Waals surface area contributed by atoms with Crippen LogP contribution in [0.2, 0.25) is 5.02 Å². The van der Waals surface area contributed by atoms with E-state index in [2.05, 4.69) is 26.3 Å². The molecule has 1 fully saturated rings. The van der Waals surface area contributed by atoms with E-state index in [0.717, 1.165) is 33.9 Å². The highest BCUT2D eigenvalue weighted by molar-refractivity contribution is 9.10. The lowest BCUT2D eigenvalue weighted by molar-refractivity contribution is 0.421. The highest BCUT2D eigenvalue weighted by Gasteiger charge is 2.23. The zero-order valence-corrected chi connectivity index (χ0v) is 14.3. The fourth-order valence-corrected chi connectivity index (χ4v) is 2.97. The third-order valence-corrected chi connectivity index (χ3v) is 4.39. The van der Waals surface area contributed by atoms with Gasteiger partial charge in [0.15, 0.2) is 0 Å². The summed E-state index contributed by atoms with van der Waals surface area (Å²) in [6.45, 7) is 2.79. The van der Waals surface area contributed by atoms with Crippen molar-refractivity contribution in [2.45, 2.75) is 32.4 Å². The lowest BCUT2D eigenvalue weighted by Crippen LogP contribution is -2.16. The molecule has 1 heterocycles. The Morgan fingerprint density at radius 3 is 2.90 bits per heavy atom. The molecule has 1 saturated carbocycles. The number of aromatic nitrogens is 2. The summed E-state index contributed by atoms with van der Waals surface area (Å²) in [7, 11) is 1.90. The van der Waals surface area contributed by atoms with Crippen LogP contribution in [0.15, 0.2) is 22.7 Å². The SMILES string of the molecule is Cc1nn(C)c(Oc2ccc(Cl)cc2Br)c1CNC1CC1. The third-order valence-electron chi connectivity index (χ3n) is 3.53. The summed E-state index contributed by atoms with van der Waals surface area (Å²) < 4.78 is 8.66. The zero-order valence-electron chi connectivity index (χ0n) is 12.0. The average Bonchev–Trinajstić information content (AvgIpc) is 3.19. The monoisotopic (exact) mass is 369 g/mol. The molecule has 0 spiro atoms. The molecule has 0 saturated heterocycles. The summed E-state index contributed by atoms with van der Waals surface area (Å²) in [5.41, 5.74) is 2.09. The Bertz CT molecular complexity index is 667. The maximum atomic E-state index is 6.05. The van der Waals surface area contributed by atoms with E-state index < -0.39 is 0 Å². The molecule has 21 heavy (non-hydrogen) atoms. The summed E-state index contributed by atoms with van der Waals surface area (Å²) in [4.78, 5) is 0. The van der Waals surface area contributed by atoms with Gasteiger partial charge in [-0.1, -0.05) is 11.6 Å². The molecule has 0 unspecified atom stereocenters. The second-order valence-electron chi connectivity index (χ2n) is 5.32. The standard InChI is InChI=1S/C15H17BrClN3O/c1-9-12(8-18-11-4-5-11)15(20(2)19-9)21-14-6-3-10(17)7-13(14)16/h3,6-7,11,18H,4-5,8H2,1-2H3. The van der Waals surface area contributed by atoms with Crippen molar-refractivity contribution in [2.24, 2.45) is 7.05 Å². The number of nitrogens with one attached hydrogen (secondary N) is 1. The number of rotatable bonds is 5. The Morgan fingerprint density at radius 2 is 2.24 bits per heavy atom. The van der Waals surface area contributed by atoms with Gasteiger partial charge in [0.05, 0.1) is 15.7 Å². The molecule has 2 aromatic rings.